The quantitative estimate of drug-likeness (QED) is 0.848. The van der Waals surface area contributed by atoms with Crippen LogP contribution < -0.4 is 5.73 Å². The van der Waals surface area contributed by atoms with E-state index in [9.17, 15) is 0 Å². The van der Waals surface area contributed by atoms with Crippen LogP contribution in [-0.2, 0) is 13.1 Å². The van der Waals surface area contributed by atoms with E-state index in [0.717, 1.165) is 26.2 Å². The van der Waals surface area contributed by atoms with Gasteiger partial charge in [-0.3, -0.25) is 0 Å². The van der Waals surface area contributed by atoms with E-state index in [-0.39, 0.29) is 0 Å². The van der Waals surface area contributed by atoms with Crippen molar-refractivity contribution < 1.29 is 0 Å². The molecular formula is C15H23N3. The fraction of sp³-hybridized carbons (Fsp3) is 0.467. The third kappa shape index (κ3) is 2.57. The molecule has 3 nitrogen and oxygen atoms in total. The first kappa shape index (κ1) is 13.1. The molecule has 0 amide bonds. The second-order valence-corrected chi connectivity index (χ2v) is 4.59. The summed E-state index contributed by atoms with van der Waals surface area (Å²) in [4.78, 5) is 2.44. The van der Waals surface area contributed by atoms with Crippen LogP contribution in [0, 0.1) is 0 Å². The fourth-order valence-corrected chi connectivity index (χ4v) is 2.45. The number of hydrogen-bond acceptors (Lipinski definition) is 2. The minimum Gasteiger partial charge on any atom is -0.346 e. The molecule has 0 fully saturated rings. The summed E-state index contributed by atoms with van der Waals surface area (Å²) in [6, 6.07) is 8.56. The average molecular weight is 245 g/mol. The molecule has 0 saturated heterocycles. The maximum Gasteiger partial charge on any atom is 0.0483 e. The molecule has 0 radical (unpaired) electrons. The Kier molecular flexibility index (Phi) is 4.39. The second kappa shape index (κ2) is 6.03. The highest BCUT2D eigenvalue weighted by atomic mass is 15.1. The van der Waals surface area contributed by atoms with Gasteiger partial charge in [0.05, 0.1) is 0 Å². The summed E-state index contributed by atoms with van der Waals surface area (Å²) in [7, 11) is 0. The van der Waals surface area contributed by atoms with Crippen LogP contribution in [0.2, 0.25) is 0 Å². The Balaban J connectivity index is 2.19. The molecule has 2 aromatic rings. The molecular weight excluding hydrogens is 222 g/mol. The summed E-state index contributed by atoms with van der Waals surface area (Å²) in [5.74, 6) is 0. The van der Waals surface area contributed by atoms with E-state index in [0.29, 0.717) is 6.54 Å². The number of rotatable bonds is 6. The molecule has 0 atom stereocenters. The molecule has 1 heterocycles. The number of nitrogens with two attached hydrogens (primary N) is 1. The number of benzene rings is 1. The maximum absolute atomic E-state index is 5.77. The van der Waals surface area contributed by atoms with Crippen LogP contribution in [0.1, 0.15) is 19.4 Å². The van der Waals surface area contributed by atoms with Crippen molar-refractivity contribution in [1.29, 1.82) is 0 Å². The Hall–Kier alpha value is -1.32. The zero-order chi connectivity index (χ0) is 13.0. The normalized spacial score (nSPS) is 11.6. The molecule has 98 valence electrons. The monoisotopic (exact) mass is 245 g/mol. The Bertz CT molecular complexity index is 497. The zero-order valence-electron chi connectivity index (χ0n) is 11.4. The van der Waals surface area contributed by atoms with Crippen molar-refractivity contribution in [3.05, 3.63) is 36.0 Å². The van der Waals surface area contributed by atoms with E-state index in [2.05, 4.69) is 53.8 Å². The van der Waals surface area contributed by atoms with Crippen LogP contribution in [0.3, 0.4) is 0 Å². The van der Waals surface area contributed by atoms with Crippen molar-refractivity contribution in [2.24, 2.45) is 5.73 Å². The van der Waals surface area contributed by atoms with Crippen LogP contribution in [0.15, 0.2) is 30.5 Å². The molecule has 0 unspecified atom stereocenters. The number of nitrogens with zero attached hydrogens (tertiary/aromatic N) is 2. The van der Waals surface area contributed by atoms with Gasteiger partial charge >= 0.3 is 0 Å². The third-order valence-corrected chi connectivity index (χ3v) is 3.68. The highest BCUT2D eigenvalue weighted by Crippen LogP contribution is 2.19. The largest absolute Gasteiger partial charge is 0.346 e. The predicted octanol–water partition coefficient (Wildman–Crippen LogP) is 2.44. The fourth-order valence-electron chi connectivity index (χ4n) is 2.45. The van der Waals surface area contributed by atoms with Crippen molar-refractivity contribution >= 4 is 10.9 Å². The van der Waals surface area contributed by atoms with Crippen LogP contribution in [0.25, 0.3) is 10.9 Å². The first-order valence-electron chi connectivity index (χ1n) is 6.79. The lowest BCUT2D eigenvalue weighted by molar-refractivity contribution is 0.292. The Morgan fingerprint density at radius 2 is 1.94 bits per heavy atom. The van der Waals surface area contributed by atoms with Crippen molar-refractivity contribution in [3.8, 4) is 0 Å². The summed E-state index contributed by atoms with van der Waals surface area (Å²) < 4.78 is 2.33. The number of aromatic nitrogens is 1. The summed E-state index contributed by atoms with van der Waals surface area (Å²) in [6.45, 7) is 9.40. The Morgan fingerprint density at radius 3 is 2.61 bits per heavy atom. The van der Waals surface area contributed by atoms with Gasteiger partial charge in [0.25, 0.3) is 0 Å². The van der Waals surface area contributed by atoms with Crippen molar-refractivity contribution in [2.45, 2.75) is 26.9 Å². The minimum absolute atomic E-state index is 0.609. The summed E-state index contributed by atoms with van der Waals surface area (Å²) >= 11 is 0. The lowest BCUT2D eigenvalue weighted by atomic mass is 10.1. The van der Waals surface area contributed by atoms with Gasteiger partial charge in [-0.05, 0) is 30.8 Å². The molecule has 0 saturated carbocycles. The number of likely N-dealkylation sites (N-methyl/N-ethyl adjacent to an activating group) is 1. The topological polar surface area (TPSA) is 34.2 Å². The van der Waals surface area contributed by atoms with E-state index >= 15 is 0 Å². The first-order valence-corrected chi connectivity index (χ1v) is 6.79. The molecule has 0 spiro atoms. The van der Waals surface area contributed by atoms with Gasteiger partial charge in [-0.1, -0.05) is 26.0 Å². The standard InChI is InChI=1S/C15H23N3/c1-3-17(4-2)10-11-18-9-8-14-13(12-16)6-5-7-15(14)18/h5-9H,3-4,10-12,16H2,1-2H3. The van der Waals surface area contributed by atoms with Crippen LogP contribution in [0.4, 0.5) is 0 Å². The first-order chi connectivity index (χ1) is 8.80. The summed E-state index contributed by atoms with van der Waals surface area (Å²) in [5, 5.41) is 1.29. The SMILES string of the molecule is CCN(CC)CCn1ccc2c(CN)cccc21. The molecule has 3 heteroatoms. The van der Waals surface area contributed by atoms with Crippen molar-refractivity contribution in [2.75, 3.05) is 19.6 Å². The lowest BCUT2D eigenvalue weighted by Gasteiger charge is -2.18. The summed E-state index contributed by atoms with van der Waals surface area (Å²) in [6.07, 6.45) is 2.17. The van der Waals surface area contributed by atoms with E-state index in [1.165, 1.54) is 16.5 Å². The molecule has 1 aromatic heterocycles. The van der Waals surface area contributed by atoms with Gasteiger partial charge < -0.3 is 15.2 Å². The highest BCUT2D eigenvalue weighted by molar-refractivity contribution is 5.83. The Morgan fingerprint density at radius 1 is 1.17 bits per heavy atom. The van der Waals surface area contributed by atoms with Gasteiger partial charge in [0.15, 0.2) is 0 Å². The second-order valence-electron chi connectivity index (χ2n) is 4.59. The molecule has 0 aliphatic heterocycles. The summed E-state index contributed by atoms with van der Waals surface area (Å²) in [5.41, 5.74) is 8.30. The van der Waals surface area contributed by atoms with Gasteiger partial charge in [0.2, 0.25) is 0 Å². The molecule has 2 rings (SSSR count). The third-order valence-electron chi connectivity index (χ3n) is 3.68. The molecule has 0 aliphatic rings. The lowest BCUT2D eigenvalue weighted by Crippen LogP contribution is -2.26. The van der Waals surface area contributed by atoms with Crippen molar-refractivity contribution in [1.82, 2.24) is 9.47 Å². The van der Waals surface area contributed by atoms with Gasteiger partial charge in [-0.2, -0.15) is 0 Å². The zero-order valence-corrected chi connectivity index (χ0v) is 11.4. The number of hydrogen-bond donors (Lipinski definition) is 1. The molecule has 2 N–H and O–H groups in total. The van der Waals surface area contributed by atoms with Crippen LogP contribution >= 0.6 is 0 Å². The van der Waals surface area contributed by atoms with Gasteiger partial charge in [-0.15, -0.1) is 0 Å². The van der Waals surface area contributed by atoms with E-state index in [1.807, 2.05) is 0 Å². The smallest absolute Gasteiger partial charge is 0.0483 e. The molecule has 0 aliphatic carbocycles. The Labute approximate surface area is 109 Å². The van der Waals surface area contributed by atoms with E-state index < -0.39 is 0 Å². The predicted molar refractivity (Wildman–Crippen MR) is 77.6 cm³/mol. The molecule has 1 aromatic carbocycles. The van der Waals surface area contributed by atoms with E-state index in [1.54, 1.807) is 0 Å². The molecule has 0 bridgehead atoms. The molecule has 18 heavy (non-hydrogen) atoms. The highest BCUT2D eigenvalue weighted by Gasteiger charge is 2.05. The van der Waals surface area contributed by atoms with Crippen LogP contribution in [0.5, 0.6) is 0 Å². The van der Waals surface area contributed by atoms with Gasteiger partial charge in [0.1, 0.15) is 0 Å². The van der Waals surface area contributed by atoms with Gasteiger partial charge in [0, 0.05) is 36.7 Å². The van der Waals surface area contributed by atoms with Crippen LogP contribution in [-0.4, -0.2) is 29.1 Å². The maximum atomic E-state index is 5.77. The van der Waals surface area contributed by atoms with E-state index in [4.69, 9.17) is 5.73 Å². The van der Waals surface area contributed by atoms with Gasteiger partial charge in [-0.25, -0.2) is 0 Å². The minimum atomic E-state index is 0.609. The number of fused-ring (bicyclic) bond motifs is 1. The average Bonchev–Trinajstić information content (AvgIpc) is 2.83. The van der Waals surface area contributed by atoms with Crippen molar-refractivity contribution in [3.63, 3.8) is 0 Å².